The average Bonchev–Trinajstić information content (AvgIpc) is 3.04. The van der Waals surface area contributed by atoms with Gasteiger partial charge in [0.25, 0.3) is 5.91 Å². The molecule has 0 bridgehead atoms. The Morgan fingerprint density at radius 3 is 2.95 bits per heavy atom. The summed E-state index contributed by atoms with van der Waals surface area (Å²) < 4.78 is 23.6. The molecule has 0 unspecified atom stereocenters. The maximum Gasteiger partial charge on any atom is 0.270 e. The van der Waals surface area contributed by atoms with Crippen LogP contribution >= 0.6 is 0 Å². The summed E-state index contributed by atoms with van der Waals surface area (Å²) in [5.74, 6) is -0.704. The zero-order valence-corrected chi connectivity index (χ0v) is 11.8. The first kappa shape index (κ1) is 14.1. The van der Waals surface area contributed by atoms with Crippen LogP contribution in [0.1, 0.15) is 16.1 Å². The third-order valence-corrected chi connectivity index (χ3v) is 3.23. The number of fused-ring (bicyclic) bond motifs is 1. The Kier molecular flexibility index (Phi) is 3.74. The Labute approximate surface area is 125 Å². The van der Waals surface area contributed by atoms with Crippen molar-refractivity contribution in [2.45, 2.75) is 6.54 Å². The van der Waals surface area contributed by atoms with E-state index in [2.05, 4.69) is 10.3 Å². The summed E-state index contributed by atoms with van der Waals surface area (Å²) in [4.78, 5) is 16.2. The zero-order chi connectivity index (χ0) is 15.5. The summed E-state index contributed by atoms with van der Waals surface area (Å²) in [6.45, 7) is 0.339. The van der Waals surface area contributed by atoms with Gasteiger partial charge in [0.1, 0.15) is 5.69 Å². The van der Waals surface area contributed by atoms with Crippen molar-refractivity contribution in [2.75, 3.05) is 7.11 Å². The van der Waals surface area contributed by atoms with Gasteiger partial charge in [-0.3, -0.25) is 4.79 Å². The second-order valence-corrected chi connectivity index (χ2v) is 4.69. The minimum Gasteiger partial charge on any atom is -0.494 e. The number of ether oxygens (including phenoxy) is 1. The molecule has 3 aromatic rings. The molecule has 0 aliphatic rings. The number of nitrogens with one attached hydrogen (secondary N) is 1. The largest absolute Gasteiger partial charge is 0.494 e. The number of rotatable bonds is 4. The molecule has 2 heterocycles. The topological polar surface area (TPSA) is 64.4 Å². The molecule has 112 valence electrons. The standard InChI is InChI=1S/C16H13FN2O3/c1-21-15-6-11-2-3-13(19-14(11)7-12(15)17)16(20)18-8-10-4-5-22-9-10/h2-7,9H,8H2,1H3,(H,18,20). The van der Waals surface area contributed by atoms with Crippen molar-refractivity contribution in [1.29, 1.82) is 0 Å². The second-order valence-electron chi connectivity index (χ2n) is 4.69. The molecule has 1 aromatic carbocycles. The normalized spacial score (nSPS) is 10.6. The number of methoxy groups -OCH3 is 1. The smallest absolute Gasteiger partial charge is 0.270 e. The van der Waals surface area contributed by atoms with E-state index in [1.807, 2.05) is 0 Å². The molecule has 0 saturated carbocycles. The number of nitrogens with zero attached hydrogens (tertiary/aromatic N) is 1. The lowest BCUT2D eigenvalue weighted by Crippen LogP contribution is -2.23. The lowest BCUT2D eigenvalue weighted by Gasteiger charge is -2.06. The minimum absolute atomic E-state index is 0.145. The molecule has 0 aliphatic heterocycles. The highest BCUT2D eigenvalue weighted by molar-refractivity contribution is 5.95. The molecule has 1 amide bonds. The highest BCUT2D eigenvalue weighted by atomic mass is 19.1. The van der Waals surface area contributed by atoms with Crippen molar-refractivity contribution in [3.63, 3.8) is 0 Å². The quantitative estimate of drug-likeness (QED) is 0.804. The molecular weight excluding hydrogens is 287 g/mol. The molecule has 0 saturated heterocycles. The third kappa shape index (κ3) is 2.76. The maximum absolute atomic E-state index is 13.7. The number of furan rings is 1. The Hall–Kier alpha value is -2.89. The van der Waals surface area contributed by atoms with Gasteiger partial charge in [-0.15, -0.1) is 0 Å². The Bertz CT molecular complexity index is 816. The van der Waals surface area contributed by atoms with Crippen LogP contribution in [0.3, 0.4) is 0 Å². The van der Waals surface area contributed by atoms with Gasteiger partial charge in [0.15, 0.2) is 11.6 Å². The van der Waals surface area contributed by atoms with Crippen LogP contribution < -0.4 is 10.1 Å². The first-order valence-electron chi connectivity index (χ1n) is 6.61. The van der Waals surface area contributed by atoms with E-state index in [9.17, 15) is 9.18 Å². The fraction of sp³-hybridized carbons (Fsp3) is 0.125. The minimum atomic E-state index is -0.515. The summed E-state index contributed by atoms with van der Waals surface area (Å²) in [5.41, 5.74) is 1.47. The summed E-state index contributed by atoms with van der Waals surface area (Å²) >= 11 is 0. The van der Waals surface area contributed by atoms with E-state index in [0.29, 0.717) is 17.4 Å². The van der Waals surface area contributed by atoms with Crippen LogP contribution in [0.2, 0.25) is 0 Å². The van der Waals surface area contributed by atoms with Gasteiger partial charge >= 0.3 is 0 Å². The van der Waals surface area contributed by atoms with Crippen LogP contribution in [0.4, 0.5) is 4.39 Å². The molecule has 3 rings (SSSR count). The Morgan fingerprint density at radius 1 is 1.36 bits per heavy atom. The Morgan fingerprint density at radius 2 is 2.23 bits per heavy atom. The summed E-state index contributed by atoms with van der Waals surface area (Å²) in [6.07, 6.45) is 3.09. The van der Waals surface area contributed by atoms with E-state index >= 15 is 0 Å². The highest BCUT2D eigenvalue weighted by Gasteiger charge is 2.11. The van der Waals surface area contributed by atoms with E-state index in [1.54, 1.807) is 30.5 Å². The van der Waals surface area contributed by atoms with E-state index in [1.165, 1.54) is 19.4 Å². The molecule has 6 heteroatoms. The van der Waals surface area contributed by atoms with Crippen molar-refractivity contribution >= 4 is 16.8 Å². The SMILES string of the molecule is COc1cc2ccc(C(=O)NCc3ccoc3)nc2cc1F. The van der Waals surface area contributed by atoms with Gasteiger partial charge in [0.2, 0.25) is 0 Å². The van der Waals surface area contributed by atoms with Crippen molar-refractivity contribution in [2.24, 2.45) is 0 Å². The predicted molar refractivity (Wildman–Crippen MR) is 78.1 cm³/mol. The summed E-state index contributed by atoms with van der Waals surface area (Å²) in [7, 11) is 1.40. The monoisotopic (exact) mass is 300 g/mol. The molecular formula is C16H13FN2O3. The van der Waals surface area contributed by atoms with Crippen molar-refractivity contribution in [3.8, 4) is 5.75 Å². The second kappa shape index (κ2) is 5.85. The van der Waals surface area contributed by atoms with Gasteiger partial charge in [-0.2, -0.15) is 0 Å². The van der Waals surface area contributed by atoms with Crippen LogP contribution in [-0.2, 0) is 6.54 Å². The lowest BCUT2D eigenvalue weighted by atomic mass is 10.2. The number of benzene rings is 1. The van der Waals surface area contributed by atoms with E-state index in [4.69, 9.17) is 9.15 Å². The zero-order valence-electron chi connectivity index (χ0n) is 11.8. The molecule has 22 heavy (non-hydrogen) atoms. The number of halogens is 1. The molecule has 1 N–H and O–H groups in total. The number of carbonyl (C=O) groups is 1. The average molecular weight is 300 g/mol. The van der Waals surface area contributed by atoms with Crippen LogP contribution in [-0.4, -0.2) is 18.0 Å². The summed E-state index contributed by atoms with van der Waals surface area (Å²) in [6, 6.07) is 7.85. The molecule has 5 nitrogen and oxygen atoms in total. The first-order chi connectivity index (χ1) is 10.7. The number of carbonyl (C=O) groups excluding carboxylic acids is 1. The number of pyridine rings is 1. The molecule has 2 aromatic heterocycles. The van der Waals surface area contributed by atoms with Gasteiger partial charge in [0, 0.05) is 23.6 Å². The molecule has 0 atom stereocenters. The first-order valence-corrected chi connectivity index (χ1v) is 6.61. The van der Waals surface area contributed by atoms with E-state index in [0.717, 1.165) is 5.56 Å². The lowest BCUT2D eigenvalue weighted by molar-refractivity contribution is 0.0946. The number of aromatic nitrogens is 1. The molecule has 0 fully saturated rings. The predicted octanol–water partition coefficient (Wildman–Crippen LogP) is 2.91. The molecule has 0 spiro atoms. The van der Waals surface area contributed by atoms with Crippen LogP contribution in [0.25, 0.3) is 10.9 Å². The summed E-state index contributed by atoms with van der Waals surface area (Å²) in [5, 5.41) is 3.42. The van der Waals surface area contributed by atoms with Crippen molar-refractivity contribution < 1.29 is 18.3 Å². The van der Waals surface area contributed by atoms with Crippen LogP contribution in [0.5, 0.6) is 5.75 Å². The van der Waals surface area contributed by atoms with Crippen molar-refractivity contribution in [1.82, 2.24) is 10.3 Å². The van der Waals surface area contributed by atoms with Gasteiger partial charge in [0.05, 0.1) is 25.2 Å². The van der Waals surface area contributed by atoms with Gasteiger partial charge in [-0.25, -0.2) is 9.37 Å². The Balaban J connectivity index is 1.83. The molecule has 0 aliphatic carbocycles. The van der Waals surface area contributed by atoms with Crippen LogP contribution in [0, 0.1) is 5.82 Å². The fourth-order valence-electron chi connectivity index (χ4n) is 2.07. The van der Waals surface area contributed by atoms with Crippen LogP contribution in [0.15, 0.2) is 47.3 Å². The highest BCUT2D eigenvalue weighted by Crippen LogP contribution is 2.23. The number of amides is 1. The number of hydrogen-bond acceptors (Lipinski definition) is 4. The third-order valence-electron chi connectivity index (χ3n) is 3.23. The van der Waals surface area contributed by atoms with Gasteiger partial charge in [-0.05, 0) is 18.2 Å². The fourth-order valence-corrected chi connectivity index (χ4v) is 2.07. The van der Waals surface area contributed by atoms with Gasteiger partial charge in [-0.1, -0.05) is 6.07 Å². The van der Waals surface area contributed by atoms with E-state index in [-0.39, 0.29) is 17.4 Å². The maximum atomic E-state index is 13.7. The van der Waals surface area contributed by atoms with E-state index < -0.39 is 5.82 Å². The van der Waals surface area contributed by atoms with Crippen molar-refractivity contribution in [3.05, 3.63) is 59.9 Å². The molecule has 0 radical (unpaired) electrons. The van der Waals surface area contributed by atoms with Gasteiger partial charge < -0.3 is 14.5 Å². The number of hydrogen-bond donors (Lipinski definition) is 1.